The summed E-state index contributed by atoms with van der Waals surface area (Å²) in [5.74, 6) is 0.909. The molecule has 1 saturated heterocycles. The number of ether oxygens (including phenoxy) is 1. The largest absolute Gasteiger partial charge is 0.491 e. The van der Waals surface area contributed by atoms with Crippen molar-refractivity contribution in [3.05, 3.63) is 27.1 Å². The van der Waals surface area contributed by atoms with Crippen molar-refractivity contribution in [1.29, 1.82) is 0 Å². The second-order valence-corrected chi connectivity index (χ2v) is 5.45. The summed E-state index contributed by atoms with van der Waals surface area (Å²) in [6.07, 6.45) is 2.48. The van der Waals surface area contributed by atoms with Crippen LogP contribution in [0.25, 0.3) is 0 Å². The normalized spacial score (nSPS) is 20.5. The third-order valence-corrected chi connectivity index (χ3v) is 3.61. The maximum Gasteiger partial charge on any atom is 0.133 e. The smallest absolute Gasteiger partial charge is 0.133 e. The van der Waals surface area contributed by atoms with Crippen molar-refractivity contribution in [2.75, 3.05) is 13.2 Å². The van der Waals surface area contributed by atoms with Crippen LogP contribution < -0.4 is 10.1 Å². The Balaban J connectivity index is 1.92. The molecule has 1 aliphatic heterocycles. The first kappa shape index (κ1) is 11.4. The van der Waals surface area contributed by atoms with E-state index in [0.29, 0.717) is 6.04 Å². The molecular formula is C11H13Br2NO. The van der Waals surface area contributed by atoms with Crippen LogP contribution in [0.1, 0.15) is 12.8 Å². The van der Waals surface area contributed by atoms with Crippen molar-refractivity contribution < 1.29 is 4.74 Å². The predicted molar refractivity (Wildman–Crippen MR) is 68.4 cm³/mol. The van der Waals surface area contributed by atoms with E-state index in [-0.39, 0.29) is 0 Å². The number of hydrogen-bond acceptors (Lipinski definition) is 2. The van der Waals surface area contributed by atoms with Crippen molar-refractivity contribution in [2.45, 2.75) is 18.9 Å². The lowest BCUT2D eigenvalue weighted by Gasteiger charge is -2.13. The first-order valence-corrected chi connectivity index (χ1v) is 6.65. The van der Waals surface area contributed by atoms with Crippen molar-refractivity contribution in [1.82, 2.24) is 5.32 Å². The van der Waals surface area contributed by atoms with Gasteiger partial charge in [-0.15, -0.1) is 0 Å². The molecule has 0 unspecified atom stereocenters. The molecule has 82 valence electrons. The Bertz CT molecular complexity index is 337. The van der Waals surface area contributed by atoms with E-state index in [1.54, 1.807) is 0 Å². The molecule has 0 aromatic heterocycles. The van der Waals surface area contributed by atoms with Gasteiger partial charge in [-0.05, 0) is 53.5 Å². The SMILES string of the molecule is Brc1ccc(OC[C@H]2CCCN2)c(Br)c1. The van der Waals surface area contributed by atoms with Crippen LogP contribution in [0.2, 0.25) is 0 Å². The quantitative estimate of drug-likeness (QED) is 0.915. The first-order valence-electron chi connectivity index (χ1n) is 5.07. The number of nitrogens with one attached hydrogen (secondary N) is 1. The van der Waals surface area contributed by atoms with Crippen LogP contribution in [0, 0.1) is 0 Å². The van der Waals surface area contributed by atoms with Crippen molar-refractivity contribution in [3.8, 4) is 5.75 Å². The molecule has 0 amide bonds. The van der Waals surface area contributed by atoms with E-state index in [4.69, 9.17) is 4.74 Å². The Hall–Kier alpha value is -0.0600. The van der Waals surface area contributed by atoms with Crippen molar-refractivity contribution >= 4 is 31.9 Å². The van der Waals surface area contributed by atoms with Gasteiger partial charge in [0.15, 0.2) is 0 Å². The lowest BCUT2D eigenvalue weighted by atomic mass is 10.2. The molecule has 0 saturated carbocycles. The van der Waals surface area contributed by atoms with Gasteiger partial charge in [-0.25, -0.2) is 0 Å². The molecule has 2 nitrogen and oxygen atoms in total. The summed E-state index contributed by atoms with van der Waals surface area (Å²) in [6.45, 7) is 1.87. The monoisotopic (exact) mass is 333 g/mol. The fourth-order valence-corrected chi connectivity index (χ4v) is 2.84. The fourth-order valence-electron chi connectivity index (χ4n) is 1.68. The van der Waals surface area contributed by atoms with Gasteiger partial charge in [-0.2, -0.15) is 0 Å². The Morgan fingerprint density at radius 3 is 2.93 bits per heavy atom. The van der Waals surface area contributed by atoms with Crippen LogP contribution in [0.15, 0.2) is 27.1 Å². The predicted octanol–water partition coefficient (Wildman–Crippen LogP) is 3.34. The van der Waals surface area contributed by atoms with Crippen LogP contribution in [0.4, 0.5) is 0 Å². The third-order valence-electron chi connectivity index (χ3n) is 2.50. The molecule has 0 bridgehead atoms. The summed E-state index contributed by atoms with van der Waals surface area (Å²) in [5, 5.41) is 3.41. The van der Waals surface area contributed by atoms with Gasteiger partial charge in [-0.1, -0.05) is 15.9 Å². The van der Waals surface area contributed by atoms with E-state index < -0.39 is 0 Å². The van der Waals surface area contributed by atoms with Crippen LogP contribution in [-0.2, 0) is 0 Å². The van der Waals surface area contributed by atoms with E-state index in [2.05, 4.69) is 37.2 Å². The van der Waals surface area contributed by atoms with Gasteiger partial charge in [0.1, 0.15) is 12.4 Å². The van der Waals surface area contributed by atoms with Gasteiger partial charge in [-0.3, -0.25) is 0 Å². The molecular weight excluding hydrogens is 322 g/mol. The molecule has 1 atom stereocenters. The zero-order valence-electron chi connectivity index (χ0n) is 8.30. The lowest BCUT2D eigenvalue weighted by molar-refractivity contribution is 0.275. The van der Waals surface area contributed by atoms with Gasteiger partial charge in [0.25, 0.3) is 0 Å². The topological polar surface area (TPSA) is 21.3 Å². The molecule has 2 rings (SSSR count). The average Bonchev–Trinajstić information content (AvgIpc) is 2.69. The number of rotatable bonds is 3. The maximum absolute atomic E-state index is 5.75. The Morgan fingerprint density at radius 1 is 1.40 bits per heavy atom. The average molecular weight is 335 g/mol. The molecule has 4 heteroatoms. The minimum absolute atomic E-state index is 0.514. The summed E-state index contributed by atoms with van der Waals surface area (Å²) in [4.78, 5) is 0. The first-order chi connectivity index (χ1) is 7.25. The number of halogens is 2. The third kappa shape index (κ3) is 3.20. The van der Waals surface area contributed by atoms with Crippen LogP contribution in [-0.4, -0.2) is 19.2 Å². The Morgan fingerprint density at radius 2 is 2.27 bits per heavy atom. The molecule has 0 radical (unpaired) electrons. The highest BCUT2D eigenvalue weighted by atomic mass is 79.9. The zero-order chi connectivity index (χ0) is 10.7. The summed E-state index contributed by atoms with van der Waals surface area (Å²) in [5.41, 5.74) is 0. The van der Waals surface area contributed by atoms with Crippen LogP contribution in [0.3, 0.4) is 0 Å². The molecule has 15 heavy (non-hydrogen) atoms. The van der Waals surface area contributed by atoms with E-state index >= 15 is 0 Å². The van der Waals surface area contributed by atoms with Crippen molar-refractivity contribution in [2.24, 2.45) is 0 Å². The van der Waals surface area contributed by atoms with Crippen molar-refractivity contribution in [3.63, 3.8) is 0 Å². The molecule has 1 heterocycles. The van der Waals surface area contributed by atoms with E-state index in [9.17, 15) is 0 Å². The highest BCUT2D eigenvalue weighted by Gasteiger charge is 2.14. The van der Waals surface area contributed by atoms with E-state index in [0.717, 1.165) is 27.8 Å². The number of hydrogen-bond donors (Lipinski definition) is 1. The van der Waals surface area contributed by atoms with Crippen LogP contribution in [0.5, 0.6) is 5.75 Å². The van der Waals surface area contributed by atoms with E-state index in [1.165, 1.54) is 12.8 Å². The van der Waals surface area contributed by atoms with Crippen LogP contribution >= 0.6 is 31.9 Å². The van der Waals surface area contributed by atoms with Gasteiger partial charge >= 0.3 is 0 Å². The Labute approximate surface area is 107 Å². The van der Waals surface area contributed by atoms with Gasteiger partial charge in [0.05, 0.1) is 4.47 Å². The standard InChI is InChI=1S/C11H13Br2NO/c12-8-3-4-11(10(13)6-8)15-7-9-2-1-5-14-9/h3-4,6,9,14H,1-2,5,7H2/t9-/m1/s1. The molecule has 1 aliphatic rings. The molecule has 1 aromatic carbocycles. The molecule has 1 fully saturated rings. The molecule has 1 N–H and O–H groups in total. The second kappa shape index (κ2) is 5.32. The van der Waals surface area contributed by atoms with Gasteiger partial charge in [0, 0.05) is 10.5 Å². The second-order valence-electron chi connectivity index (χ2n) is 3.68. The highest BCUT2D eigenvalue weighted by Crippen LogP contribution is 2.28. The van der Waals surface area contributed by atoms with Gasteiger partial charge < -0.3 is 10.1 Å². The van der Waals surface area contributed by atoms with Gasteiger partial charge in [0.2, 0.25) is 0 Å². The molecule has 0 spiro atoms. The minimum atomic E-state index is 0.514. The molecule has 1 aromatic rings. The summed E-state index contributed by atoms with van der Waals surface area (Å²) >= 11 is 6.90. The lowest BCUT2D eigenvalue weighted by Crippen LogP contribution is -2.28. The number of benzene rings is 1. The molecule has 0 aliphatic carbocycles. The summed E-state index contributed by atoms with van der Waals surface area (Å²) in [7, 11) is 0. The highest BCUT2D eigenvalue weighted by molar-refractivity contribution is 9.11. The summed E-state index contributed by atoms with van der Waals surface area (Å²) < 4.78 is 7.80. The maximum atomic E-state index is 5.75. The Kier molecular flexibility index (Phi) is 4.05. The fraction of sp³-hybridized carbons (Fsp3) is 0.455. The summed E-state index contributed by atoms with van der Waals surface area (Å²) in [6, 6.07) is 6.48. The van der Waals surface area contributed by atoms with E-state index in [1.807, 2.05) is 18.2 Å². The minimum Gasteiger partial charge on any atom is -0.491 e. The zero-order valence-corrected chi connectivity index (χ0v) is 11.5.